The zero-order chi connectivity index (χ0) is 14.2. The summed E-state index contributed by atoms with van der Waals surface area (Å²) in [5.74, 6) is 0. The maximum atomic E-state index is 6.71. The van der Waals surface area contributed by atoms with Crippen LogP contribution in [0.5, 0.6) is 0 Å². The van der Waals surface area contributed by atoms with Gasteiger partial charge in [0.2, 0.25) is 0 Å². The Hall–Kier alpha value is -0.980. The second kappa shape index (κ2) is 5.56. The Bertz CT molecular complexity index is 589. The largest absolute Gasteiger partial charge is 0.113 e. The molecule has 0 aliphatic rings. The maximum Gasteiger partial charge on any atom is 0.0855 e. The van der Waals surface area contributed by atoms with E-state index in [4.69, 9.17) is 23.2 Å². The van der Waals surface area contributed by atoms with Crippen LogP contribution in [-0.2, 0) is 0 Å². The van der Waals surface area contributed by atoms with Crippen LogP contribution >= 0.6 is 23.2 Å². The van der Waals surface area contributed by atoms with E-state index in [-0.39, 0.29) is 5.38 Å². The number of halogens is 2. The van der Waals surface area contributed by atoms with Gasteiger partial charge in [-0.1, -0.05) is 35.9 Å². The van der Waals surface area contributed by atoms with Crippen molar-refractivity contribution in [2.75, 3.05) is 0 Å². The van der Waals surface area contributed by atoms with Crippen LogP contribution in [0.25, 0.3) is 0 Å². The molecule has 0 amide bonds. The van der Waals surface area contributed by atoms with Gasteiger partial charge in [0.15, 0.2) is 0 Å². The predicted octanol–water partition coefficient (Wildman–Crippen LogP) is 5.90. The molecule has 0 spiro atoms. The van der Waals surface area contributed by atoms with E-state index in [1.54, 1.807) is 0 Å². The van der Waals surface area contributed by atoms with Crippen molar-refractivity contribution < 1.29 is 0 Å². The molecule has 0 aromatic heterocycles. The highest BCUT2D eigenvalue weighted by molar-refractivity contribution is 6.33. The van der Waals surface area contributed by atoms with Crippen molar-refractivity contribution >= 4 is 23.2 Å². The van der Waals surface area contributed by atoms with E-state index in [0.29, 0.717) is 0 Å². The van der Waals surface area contributed by atoms with Crippen molar-refractivity contribution in [1.82, 2.24) is 0 Å². The maximum absolute atomic E-state index is 6.71. The molecule has 1 atom stereocenters. The number of aryl methyl sites for hydroxylation is 2. The molecule has 1 unspecified atom stereocenters. The first-order valence-corrected chi connectivity index (χ1v) is 7.20. The summed E-state index contributed by atoms with van der Waals surface area (Å²) in [4.78, 5) is 0. The molecule has 0 saturated carbocycles. The van der Waals surface area contributed by atoms with Crippen molar-refractivity contribution in [2.24, 2.45) is 0 Å². The Morgan fingerprint density at radius 1 is 0.895 bits per heavy atom. The monoisotopic (exact) mass is 292 g/mol. The summed E-state index contributed by atoms with van der Waals surface area (Å²) in [5, 5.41) is 0.521. The third kappa shape index (κ3) is 2.66. The van der Waals surface area contributed by atoms with E-state index in [1.807, 2.05) is 24.3 Å². The molecule has 0 bridgehead atoms. The van der Waals surface area contributed by atoms with Crippen LogP contribution in [0.2, 0.25) is 5.02 Å². The molecule has 0 saturated heterocycles. The molecular weight excluding hydrogens is 275 g/mol. The van der Waals surface area contributed by atoms with Gasteiger partial charge in [-0.2, -0.15) is 0 Å². The Labute approximate surface area is 125 Å². The summed E-state index contributed by atoms with van der Waals surface area (Å²) >= 11 is 13.0. The number of alkyl halides is 1. The molecule has 0 fully saturated rings. The molecule has 2 aromatic carbocycles. The van der Waals surface area contributed by atoms with Crippen molar-refractivity contribution in [1.29, 1.82) is 0 Å². The van der Waals surface area contributed by atoms with E-state index in [9.17, 15) is 0 Å². The number of hydrogen-bond acceptors (Lipinski definition) is 0. The van der Waals surface area contributed by atoms with Crippen molar-refractivity contribution in [3.63, 3.8) is 0 Å². The van der Waals surface area contributed by atoms with Gasteiger partial charge < -0.3 is 0 Å². The summed E-state index contributed by atoms with van der Waals surface area (Å²) in [7, 11) is 0. The van der Waals surface area contributed by atoms with Crippen molar-refractivity contribution in [3.05, 3.63) is 68.7 Å². The fourth-order valence-corrected chi connectivity index (χ4v) is 3.28. The quantitative estimate of drug-likeness (QED) is 0.604. The predicted molar refractivity (Wildman–Crippen MR) is 84.5 cm³/mol. The van der Waals surface area contributed by atoms with Gasteiger partial charge in [-0.15, -0.1) is 11.6 Å². The fourth-order valence-electron chi connectivity index (χ4n) is 2.46. The van der Waals surface area contributed by atoms with Gasteiger partial charge in [-0.05, 0) is 67.1 Å². The van der Waals surface area contributed by atoms with Crippen LogP contribution in [0.3, 0.4) is 0 Å². The minimum absolute atomic E-state index is 0.202. The van der Waals surface area contributed by atoms with E-state index in [1.165, 1.54) is 27.8 Å². The SMILES string of the molecule is Cc1cc(C)c(C)c(C(Cl)c2ccccc2Cl)c1C. The lowest BCUT2D eigenvalue weighted by atomic mass is 9.90. The number of hydrogen-bond donors (Lipinski definition) is 0. The van der Waals surface area contributed by atoms with Crippen LogP contribution in [0.1, 0.15) is 38.8 Å². The van der Waals surface area contributed by atoms with Crippen LogP contribution in [0.15, 0.2) is 30.3 Å². The second-order valence-corrected chi connectivity index (χ2v) is 5.90. The molecule has 0 N–H and O–H groups in total. The third-order valence-corrected chi connectivity index (χ3v) is 4.65. The molecule has 0 nitrogen and oxygen atoms in total. The first-order valence-electron chi connectivity index (χ1n) is 6.39. The van der Waals surface area contributed by atoms with Gasteiger partial charge in [-0.3, -0.25) is 0 Å². The molecule has 0 radical (unpaired) electrons. The van der Waals surface area contributed by atoms with Gasteiger partial charge in [0.25, 0.3) is 0 Å². The smallest absolute Gasteiger partial charge is 0.0855 e. The topological polar surface area (TPSA) is 0 Å². The van der Waals surface area contributed by atoms with E-state index < -0.39 is 0 Å². The highest BCUT2D eigenvalue weighted by Crippen LogP contribution is 2.38. The minimum atomic E-state index is -0.202. The Balaban J connectivity index is 2.63. The van der Waals surface area contributed by atoms with Gasteiger partial charge in [0.1, 0.15) is 0 Å². The van der Waals surface area contributed by atoms with Crippen LogP contribution in [0.4, 0.5) is 0 Å². The molecule has 100 valence electrons. The summed E-state index contributed by atoms with van der Waals surface area (Å²) in [6.07, 6.45) is 0. The first-order chi connectivity index (χ1) is 8.93. The molecule has 0 aliphatic carbocycles. The highest BCUT2D eigenvalue weighted by atomic mass is 35.5. The Morgan fingerprint density at radius 3 is 1.95 bits per heavy atom. The van der Waals surface area contributed by atoms with Crippen LogP contribution in [-0.4, -0.2) is 0 Å². The van der Waals surface area contributed by atoms with Gasteiger partial charge in [-0.25, -0.2) is 0 Å². The second-order valence-electron chi connectivity index (χ2n) is 5.06. The average Bonchev–Trinajstić information content (AvgIpc) is 2.37. The van der Waals surface area contributed by atoms with Gasteiger partial charge >= 0.3 is 0 Å². The third-order valence-electron chi connectivity index (χ3n) is 3.86. The average molecular weight is 293 g/mol. The molecule has 2 heteroatoms. The van der Waals surface area contributed by atoms with Crippen molar-refractivity contribution in [3.8, 4) is 0 Å². The van der Waals surface area contributed by atoms with Gasteiger partial charge in [0.05, 0.1) is 5.38 Å². The summed E-state index contributed by atoms with van der Waals surface area (Å²) in [6.45, 7) is 8.51. The summed E-state index contributed by atoms with van der Waals surface area (Å²) < 4.78 is 0. The molecule has 2 aromatic rings. The fraction of sp³-hybridized carbons (Fsp3) is 0.294. The minimum Gasteiger partial charge on any atom is -0.113 e. The number of rotatable bonds is 2. The van der Waals surface area contributed by atoms with Crippen molar-refractivity contribution in [2.45, 2.75) is 33.1 Å². The first kappa shape index (κ1) is 14.4. The Kier molecular flexibility index (Phi) is 4.23. The molecular formula is C17H18Cl2. The van der Waals surface area contributed by atoms with E-state index in [2.05, 4.69) is 33.8 Å². The van der Waals surface area contributed by atoms with Gasteiger partial charge in [0, 0.05) is 5.02 Å². The summed E-state index contributed by atoms with van der Waals surface area (Å²) in [6, 6.07) is 10.0. The zero-order valence-corrected chi connectivity index (χ0v) is 13.2. The van der Waals surface area contributed by atoms with E-state index >= 15 is 0 Å². The lowest BCUT2D eigenvalue weighted by molar-refractivity contribution is 1.05. The normalized spacial score (nSPS) is 12.5. The zero-order valence-electron chi connectivity index (χ0n) is 11.7. The molecule has 19 heavy (non-hydrogen) atoms. The highest BCUT2D eigenvalue weighted by Gasteiger charge is 2.20. The standard InChI is InChI=1S/C17H18Cl2/c1-10-9-11(2)13(4)16(12(10)3)17(19)14-7-5-6-8-15(14)18/h5-9,17H,1-4H3. The molecule has 0 heterocycles. The van der Waals surface area contributed by atoms with E-state index in [0.717, 1.165) is 10.6 Å². The molecule has 0 aliphatic heterocycles. The Morgan fingerprint density at radius 2 is 1.42 bits per heavy atom. The summed E-state index contributed by atoms with van der Waals surface area (Å²) in [5.41, 5.74) is 7.21. The lowest BCUT2D eigenvalue weighted by Gasteiger charge is -2.20. The van der Waals surface area contributed by atoms with Crippen LogP contribution < -0.4 is 0 Å². The molecule has 2 rings (SSSR count). The lowest BCUT2D eigenvalue weighted by Crippen LogP contribution is -2.04. The number of benzene rings is 2. The van der Waals surface area contributed by atoms with Crippen LogP contribution in [0, 0.1) is 27.7 Å².